The summed E-state index contributed by atoms with van der Waals surface area (Å²) >= 11 is 1.92. The molecule has 2 aliphatic rings. The molecule has 0 saturated carbocycles. The summed E-state index contributed by atoms with van der Waals surface area (Å²) in [4.78, 5) is 11.4. The monoisotopic (exact) mass is 223 g/mol. The fourth-order valence-electron chi connectivity index (χ4n) is 1.94. The van der Waals surface area contributed by atoms with Gasteiger partial charge in [0, 0.05) is 13.1 Å². The van der Waals surface area contributed by atoms with Gasteiger partial charge in [0.25, 0.3) is 0 Å². The molecule has 1 unspecified atom stereocenters. The number of ether oxygens (including phenoxy) is 1. The summed E-state index contributed by atoms with van der Waals surface area (Å²) in [6, 6.07) is 0. The molecule has 2 rings (SSSR count). The molecule has 0 aromatic heterocycles. The van der Waals surface area contributed by atoms with Gasteiger partial charge in [-0.05, 0) is 12.2 Å². The molecular weight excluding hydrogens is 210 g/mol. The summed E-state index contributed by atoms with van der Waals surface area (Å²) in [6.45, 7) is 1.94. The van der Waals surface area contributed by atoms with Crippen LogP contribution in [0.1, 0.15) is 6.42 Å². The largest absolute Gasteiger partial charge is 0.469 e. The molecule has 0 amide bonds. The summed E-state index contributed by atoms with van der Waals surface area (Å²) in [5, 5.41) is 3.22. The molecule has 13 heavy (non-hydrogen) atoms. The predicted octanol–water partition coefficient (Wildman–Crippen LogP) is 0.676. The summed E-state index contributed by atoms with van der Waals surface area (Å²) in [5.74, 6) is 1.21. The Balaban J connectivity index is 0.000000845. The van der Waals surface area contributed by atoms with E-state index in [0.29, 0.717) is 0 Å². The van der Waals surface area contributed by atoms with Gasteiger partial charge >= 0.3 is 5.97 Å². The highest BCUT2D eigenvalue weighted by atomic mass is 35.5. The lowest BCUT2D eigenvalue weighted by atomic mass is 9.85. The molecule has 0 radical (unpaired) electrons. The number of carbonyl (C=O) groups is 1. The number of carbonyl (C=O) groups excluding carboxylic acids is 1. The number of nitrogens with one attached hydrogen (secondary N) is 1. The lowest BCUT2D eigenvalue weighted by Crippen LogP contribution is -2.61. The van der Waals surface area contributed by atoms with E-state index in [1.807, 2.05) is 11.8 Å². The minimum Gasteiger partial charge on any atom is -0.469 e. The van der Waals surface area contributed by atoms with Crippen molar-refractivity contribution in [3.05, 3.63) is 0 Å². The van der Waals surface area contributed by atoms with Crippen molar-refractivity contribution >= 4 is 30.1 Å². The van der Waals surface area contributed by atoms with E-state index in [0.717, 1.165) is 25.3 Å². The van der Waals surface area contributed by atoms with Gasteiger partial charge in [0.15, 0.2) is 0 Å². The van der Waals surface area contributed by atoms with Gasteiger partial charge in [-0.3, -0.25) is 4.79 Å². The molecule has 76 valence electrons. The Labute approximate surface area is 88.4 Å². The Morgan fingerprint density at radius 2 is 2.31 bits per heavy atom. The van der Waals surface area contributed by atoms with Gasteiger partial charge < -0.3 is 10.1 Å². The van der Waals surface area contributed by atoms with E-state index in [-0.39, 0.29) is 29.0 Å². The molecule has 0 aromatic carbocycles. The van der Waals surface area contributed by atoms with Gasteiger partial charge in [-0.25, -0.2) is 0 Å². The second-order valence-corrected chi connectivity index (χ2v) is 4.89. The number of hydrogen-bond acceptors (Lipinski definition) is 4. The van der Waals surface area contributed by atoms with Crippen LogP contribution in [-0.2, 0) is 9.53 Å². The fraction of sp³-hybridized carbons (Fsp3) is 0.875. The molecule has 0 aromatic rings. The zero-order valence-electron chi connectivity index (χ0n) is 7.54. The highest BCUT2D eigenvalue weighted by Gasteiger charge is 2.51. The summed E-state index contributed by atoms with van der Waals surface area (Å²) in [5.41, 5.74) is 0. The standard InChI is InChI=1S/C8H13NO2S.ClH/c1-11-7(10)6-2-3-12-8(6)4-9-5-8;/h6,9H,2-5H2,1H3;1H. The van der Waals surface area contributed by atoms with E-state index in [1.165, 1.54) is 7.11 Å². The van der Waals surface area contributed by atoms with Crippen LogP contribution >= 0.6 is 24.2 Å². The van der Waals surface area contributed by atoms with Crippen LogP contribution in [-0.4, -0.2) is 36.7 Å². The molecule has 1 N–H and O–H groups in total. The van der Waals surface area contributed by atoms with Crippen molar-refractivity contribution in [2.24, 2.45) is 5.92 Å². The average Bonchev–Trinajstić information content (AvgIpc) is 2.45. The van der Waals surface area contributed by atoms with Crippen LogP contribution in [0.5, 0.6) is 0 Å². The van der Waals surface area contributed by atoms with Gasteiger partial charge in [-0.1, -0.05) is 0 Å². The molecule has 2 fully saturated rings. The molecule has 1 spiro atoms. The Bertz CT molecular complexity index is 208. The van der Waals surface area contributed by atoms with Crippen molar-refractivity contribution in [3.63, 3.8) is 0 Å². The Morgan fingerprint density at radius 1 is 1.62 bits per heavy atom. The van der Waals surface area contributed by atoms with Gasteiger partial charge in [0.05, 0.1) is 17.8 Å². The van der Waals surface area contributed by atoms with E-state index in [2.05, 4.69) is 5.32 Å². The number of methoxy groups -OCH3 is 1. The predicted molar refractivity (Wildman–Crippen MR) is 55.4 cm³/mol. The molecule has 0 bridgehead atoms. The molecule has 3 nitrogen and oxygen atoms in total. The lowest BCUT2D eigenvalue weighted by Gasteiger charge is -2.41. The van der Waals surface area contributed by atoms with E-state index in [1.54, 1.807) is 0 Å². The maximum absolute atomic E-state index is 11.4. The smallest absolute Gasteiger partial charge is 0.310 e. The van der Waals surface area contributed by atoms with Crippen LogP contribution in [0.25, 0.3) is 0 Å². The van der Waals surface area contributed by atoms with E-state index < -0.39 is 0 Å². The number of hydrogen-bond donors (Lipinski definition) is 1. The lowest BCUT2D eigenvalue weighted by molar-refractivity contribution is -0.147. The van der Waals surface area contributed by atoms with Crippen LogP contribution in [0, 0.1) is 5.92 Å². The van der Waals surface area contributed by atoms with Gasteiger partial charge in [0.1, 0.15) is 0 Å². The molecule has 2 aliphatic heterocycles. The number of thioether (sulfide) groups is 1. The van der Waals surface area contributed by atoms with Crippen molar-refractivity contribution in [1.82, 2.24) is 5.32 Å². The van der Waals surface area contributed by atoms with Crippen molar-refractivity contribution in [2.45, 2.75) is 11.2 Å². The molecule has 2 heterocycles. The molecule has 2 saturated heterocycles. The first kappa shape index (κ1) is 11.1. The summed E-state index contributed by atoms with van der Waals surface area (Å²) in [7, 11) is 1.48. The van der Waals surface area contributed by atoms with E-state index >= 15 is 0 Å². The zero-order valence-corrected chi connectivity index (χ0v) is 9.17. The van der Waals surface area contributed by atoms with Crippen LogP contribution < -0.4 is 5.32 Å². The maximum Gasteiger partial charge on any atom is 0.310 e. The first-order chi connectivity index (χ1) is 5.78. The zero-order chi connectivity index (χ0) is 8.60. The minimum atomic E-state index is -0.0264. The number of rotatable bonds is 1. The van der Waals surface area contributed by atoms with Crippen molar-refractivity contribution in [1.29, 1.82) is 0 Å². The van der Waals surface area contributed by atoms with Crippen molar-refractivity contribution < 1.29 is 9.53 Å². The number of esters is 1. The fourth-order valence-corrected chi connectivity index (χ4v) is 3.52. The van der Waals surface area contributed by atoms with Crippen LogP contribution in [0.2, 0.25) is 0 Å². The third-order valence-corrected chi connectivity index (χ3v) is 4.35. The van der Waals surface area contributed by atoms with E-state index in [9.17, 15) is 4.79 Å². The highest BCUT2D eigenvalue weighted by Crippen LogP contribution is 2.45. The molecule has 0 aliphatic carbocycles. The molecule has 5 heteroatoms. The van der Waals surface area contributed by atoms with Crippen molar-refractivity contribution in [2.75, 3.05) is 26.0 Å². The second-order valence-electron chi connectivity index (χ2n) is 3.38. The summed E-state index contributed by atoms with van der Waals surface area (Å²) in [6.07, 6.45) is 0.985. The average molecular weight is 224 g/mol. The van der Waals surface area contributed by atoms with Gasteiger partial charge in [0.2, 0.25) is 0 Å². The van der Waals surface area contributed by atoms with Crippen molar-refractivity contribution in [3.8, 4) is 0 Å². The van der Waals surface area contributed by atoms with Crippen LogP contribution in [0.4, 0.5) is 0 Å². The quantitative estimate of drug-likeness (QED) is 0.664. The Morgan fingerprint density at radius 3 is 2.77 bits per heavy atom. The van der Waals surface area contributed by atoms with Gasteiger partial charge in [-0.15, -0.1) is 12.4 Å². The van der Waals surface area contributed by atoms with Gasteiger partial charge in [-0.2, -0.15) is 11.8 Å². The van der Waals surface area contributed by atoms with Crippen LogP contribution in [0.15, 0.2) is 0 Å². The Kier molecular flexibility index (Phi) is 3.49. The Hall–Kier alpha value is 0.0700. The third-order valence-electron chi connectivity index (χ3n) is 2.77. The second kappa shape index (κ2) is 4.07. The van der Waals surface area contributed by atoms with E-state index in [4.69, 9.17) is 4.74 Å². The maximum atomic E-state index is 11.4. The highest BCUT2D eigenvalue weighted by molar-refractivity contribution is 8.01. The topological polar surface area (TPSA) is 38.3 Å². The molecule has 1 atom stereocenters. The third kappa shape index (κ3) is 1.67. The normalized spacial score (nSPS) is 29.2. The SMILES string of the molecule is COC(=O)C1CCSC12CNC2.Cl. The first-order valence-corrected chi connectivity index (χ1v) is 5.19. The first-order valence-electron chi connectivity index (χ1n) is 4.21. The number of halogens is 1. The summed E-state index contributed by atoms with van der Waals surface area (Å²) < 4.78 is 4.97. The van der Waals surface area contributed by atoms with Crippen LogP contribution in [0.3, 0.4) is 0 Å². The minimum absolute atomic E-state index is 0. The molecular formula is C8H14ClNO2S.